The van der Waals surface area contributed by atoms with Crippen molar-refractivity contribution in [3.8, 4) is 0 Å². The lowest BCUT2D eigenvalue weighted by Gasteiger charge is -2.11. The highest BCUT2D eigenvalue weighted by molar-refractivity contribution is 6.33. The van der Waals surface area contributed by atoms with E-state index in [0.717, 1.165) is 23.8 Å². The molecule has 4 nitrogen and oxygen atoms in total. The lowest BCUT2D eigenvalue weighted by atomic mass is 10.1. The van der Waals surface area contributed by atoms with E-state index in [1.807, 2.05) is 19.1 Å². The highest BCUT2D eigenvalue weighted by Gasteiger charge is 2.14. The smallest absolute Gasteiger partial charge is 0.274 e. The van der Waals surface area contributed by atoms with Crippen LogP contribution in [0.15, 0.2) is 36.4 Å². The van der Waals surface area contributed by atoms with Crippen LogP contribution in [0.4, 0.5) is 15.8 Å². The summed E-state index contributed by atoms with van der Waals surface area (Å²) in [5.74, 6) is -0.511. The van der Waals surface area contributed by atoms with Crippen molar-refractivity contribution in [1.82, 2.24) is 0 Å². The third-order valence-electron chi connectivity index (χ3n) is 2.92. The molecule has 0 fully saturated rings. The Bertz CT molecular complexity index is 641. The average molecular weight is 295 g/mol. The second-order valence-electron chi connectivity index (χ2n) is 4.32. The highest BCUT2D eigenvalue weighted by Crippen LogP contribution is 2.27. The molecular formula is C14H12ClFN2O2. The van der Waals surface area contributed by atoms with Crippen LogP contribution in [0.3, 0.4) is 0 Å². The number of aryl methyl sites for hydroxylation is 1. The number of nitro benzene ring substituents is 1. The van der Waals surface area contributed by atoms with Crippen LogP contribution in [0.5, 0.6) is 0 Å². The summed E-state index contributed by atoms with van der Waals surface area (Å²) in [7, 11) is 0. The normalized spacial score (nSPS) is 10.3. The number of benzene rings is 2. The molecule has 0 atom stereocenters. The summed E-state index contributed by atoms with van der Waals surface area (Å²) in [5.41, 5.74) is 1.75. The molecule has 1 N–H and O–H groups in total. The van der Waals surface area contributed by atoms with E-state index in [4.69, 9.17) is 11.6 Å². The summed E-state index contributed by atoms with van der Waals surface area (Å²) in [5, 5.41) is 14.4. The van der Waals surface area contributed by atoms with Crippen LogP contribution in [0.2, 0.25) is 5.02 Å². The maximum Gasteiger partial charge on any atom is 0.274 e. The van der Waals surface area contributed by atoms with Gasteiger partial charge in [0.05, 0.1) is 21.2 Å². The average Bonchev–Trinajstić information content (AvgIpc) is 2.37. The maximum atomic E-state index is 13.2. The minimum Gasteiger partial charge on any atom is -0.379 e. The molecule has 0 saturated heterocycles. The van der Waals surface area contributed by atoms with Crippen molar-refractivity contribution in [2.45, 2.75) is 13.5 Å². The Morgan fingerprint density at radius 3 is 2.75 bits per heavy atom. The third kappa shape index (κ3) is 3.05. The quantitative estimate of drug-likeness (QED) is 0.675. The van der Waals surface area contributed by atoms with Crippen molar-refractivity contribution >= 4 is 23.0 Å². The minimum atomic E-state index is -0.532. The van der Waals surface area contributed by atoms with Gasteiger partial charge in [0.1, 0.15) is 5.82 Å². The Kier molecular flexibility index (Phi) is 4.20. The van der Waals surface area contributed by atoms with Gasteiger partial charge < -0.3 is 5.32 Å². The number of halogens is 2. The van der Waals surface area contributed by atoms with E-state index in [1.165, 1.54) is 0 Å². The van der Waals surface area contributed by atoms with Gasteiger partial charge >= 0.3 is 0 Å². The van der Waals surface area contributed by atoms with Gasteiger partial charge in [-0.15, -0.1) is 0 Å². The van der Waals surface area contributed by atoms with E-state index in [9.17, 15) is 14.5 Å². The van der Waals surface area contributed by atoms with Crippen LogP contribution in [0.25, 0.3) is 0 Å². The van der Waals surface area contributed by atoms with E-state index in [1.54, 1.807) is 6.07 Å². The van der Waals surface area contributed by atoms with E-state index in [-0.39, 0.29) is 17.8 Å². The Morgan fingerprint density at radius 2 is 2.10 bits per heavy atom. The molecule has 0 bridgehead atoms. The Hall–Kier alpha value is -2.14. The van der Waals surface area contributed by atoms with E-state index < -0.39 is 10.7 Å². The van der Waals surface area contributed by atoms with Gasteiger partial charge in [0.25, 0.3) is 5.69 Å². The Morgan fingerprint density at radius 1 is 1.35 bits per heavy atom. The topological polar surface area (TPSA) is 55.2 Å². The molecule has 0 heterocycles. The summed E-state index contributed by atoms with van der Waals surface area (Å²) in [4.78, 5) is 10.4. The summed E-state index contributed by atoms with van der Waals surface area (Å²) in [6, 6.07) is 8.78. The molecular weight excluding hydrogens is 283 g/mol. The maximum absolute atomic E-state index is 13.2. The third-order valence-corrected chi connectivity index (χ3v) is 3.23. The number of nitro groups is 1. The monoisotopic (exact) mass is 294 g/mol. The molecule has 0 aromatic heterocycles. The molecule has 104 valence electrons. The standard InChI is InChI=1S/C14H12ClFN2O2/c1-9-3-2-4-12(15)14(9)17-8-10-7-11(16)5-6-13(10)18(19)20/h2-7,17H,8H2,1H3. The zero-order chi connectivity index (χ0) is 14.7. The molecule has 0 aliphatic rings. The summed E-state index contributed by atoms with van der Waals surface area (Å²) < 4.78 is 13.2. The second-order valence-corrected chi connectivity index (χ2v) is 4.72. The molecule has 2 aromatic carbocycles. The van der Waals surface area contributed by atoms with E-state index in [0.29, 0.717) is 10.7 Å². The number of rotatable bonds is 4. The molecule has 0 aliphatic carbocycles. The molecule has 0 aliphatic heterocycles. The van der Waals surface area contributed by atoms with Crippen LogP contribution in [-0.4, -0.2) is 4.92 Å². The first-order chi connectivity index (χ1) is 9.49. The van der Waals surface area contributed by atoms with Gasteiger partial charge in [-0.05, 0) is 30.7 Å². The van der Waals surface area contributed by atoms with Gasteiger partial charge in [-0.25, -0.2) is 4.39 Å². The number of hydrogen-bond acceptors (Lipinski definition) is 3. The lowest BCUT2D eigenvalue weighted by molar-refractivity contribution is -0.385. The first-order valence-corrected chi connectivity index (χ1v) is 6.28. The molecule has 0 spiro atoms. The largest absolute Gasteiger partial charge is 0.379 e. The van der Waals surface area contributed by atoms with E-state index in [2.05, 4.69) is 5.32 Å². The van der Waals surface area contributed by atoms with Gasteiger partial charge in [0.2, 0.25) is 0 Å². The molecule has 0 radical (unpaired) electrons. The SMILES string of the molecule is Cc1cccc(Cl)c1NCc1cc(F)ccc1[N+](=O)[O-]. The van der Waals surface area contributed by atoms with Crippen molar-refractivity contribution in [1.29, 1.82) is 0 Å². The van der Waals surface area contributed by atoms with Gasteiger partial charge in [-0.2, -0.15) is 0 Å². The van der Waals surface area contributed by atoms with Gasteiger partial charge in [-0.1, -0.05) is 23.7 Å². The molecule has 0 unspecified atom stereocenters. The highest BCUT2D eigenvalue weighted by atomic mass is 35.5. The van der Waals surface area contributed by atoms with Gasteiger partial charge in [0.15, 0.2) is 0 Å². The predicted molar refractivity (Wildman–Crippen MR) is 76.6 cm³/mol. The number of hydrogen-bond donors (Lipinski definition) is 1. The number of nitrogens with zero attached hydrogens (tertiary/aromatic N) is 1. The van der Waals surface area contributed by atoms with Gasteiger partial charge in [-0.3, -0.25) is 10.1 Å². The fourth-order valence-corrected chi connectivity index (χ4v) is 2.20. The summed E-state index contributed by atoms with van der Waals surface area (Å²) in [6.07, 6.45) is 0. The van der Waals surface area contributed by atoms with Crippen LogP contribution < -0.4 is 5.32 Å². The Balaban J connectivity index is 2.27. The van der Waals surface area contributed by atoms with Crippen LogP contribution in [0.1, 0.15) is 11.1 Å². The lowest BCUT2D eigenvalue weighted by Crippen LogP contribution is -2.05. The summed E-state index contributed by atoms with van der Waals surface area (Å²) >= 11 is 6.06. The molecule has 20 heavy (non-hydrogen) atoms. The minimum absolute atomic E-state index is 0.122. The molecule has 2 aromatic rings. The van der Waals surface area contributed by atoms with Gasteiger partial charge in [0, 0.05) is 12.6 Å². The molecule has 2 rings (SSSR count). The zero-order valence-electron chi connectivity index (χ0n) is 10.7. The zero-order valence-corrected chi connectivity index (χ0v) is 11.4. The van der Waals surface area contributed by atoms with Crippen LogP contribution in [0, 0.1) is 22.9 Å². The summed E-state index contributed by atoms with van der Waals surface area (Å²) in [6.45, 7) is 1.99. The van der Waals surface area contributed by atoms with Crippen LogP contribution >= 0.6 is 11.6 Å². The fourth-order valence-electron chi connectivity index (χ4n) is 1.91. The van der Waals surface area contributed by atoms with Crippen molar-refractivity contribution in [3.63, 3.8) is 0 Å². The number of anilines is 1. The first kappa shape index (κ1) is 14.3. The van der Waals surface area contributed by atoms with Crippen molar-refractivity contribution in [2.75, 3.05) is 5.32 Å². The molecule has 6 heteroatoms. The van der Waals surface area contributed by atoms with Crippen molar-refractivity contribution in [2.24, 2.45) is 0 Å². The first-order valence-electron chi connectivity index (χ1n) is 5.91. The van der Waals surface area contributed by atoms with Crippen molar-refractivity contribution in [3.05, 3.63) is 68.5 Å². The van der Waals surface area contributed by atoms with Crippen LogP contribution in [-0.2, 0) is 6.54 Å². The molecule has 0 saturated carbocycles. The Labute approximate surface area is 120 Å². The molecule has 0 amide bonds. The van der Waals surface area contributed by atoms with E-state index >= 15 is 0 Å². The van der Waals surface area contributed by atoms with Crippen molar-refractivity contribution < 1.29 is 9.31 Å². The number of para-hydroxylation sites is 1. The fraction of sp³-hybridized carbons (Fsp3) is 0.143. The predicted octanol–water partition coefficient (Wildman–Crippen LogP) is 4.31. The number of nitrogens with one attached hydrogen (secondary N) is 1. The second kappa shape index (κ2) is 5.88.